The summed E-state index contributed by atoms with van der Waals surface area (Å²) in [5, 5.41) is 0. The second kappa shape index (κ2) is 5.76. The average Bonchev–Trinajstić information content (AvgIpc) is 3.23. The minimum Gasteiger partial charge on any atom is -0.486 e. The van der Waals surface area contributed by atoms with Crippen LogP contribution in [0.1, 0.15) is 34.2 Å². The number of benzene rings is 2. The molecule has 0 aliphatic heterocycles. The fraction of sp³-hybridized carbons (Fsp3) is 0.150. The second-order valence-corrected chi connectivity index (χ2v) is 5.69. The number of furan rings is 1. The third-order valence-corrected chi connectivity index (χ3v) is 4.24. The monoisotopic (exact) mass is 304 g/mol. The summed E-state index contributed by atoms with van der Waals surface area (Å²) in [4.78, 5) is 10.7. The predicted molar refractivity (Wildman–Crippen MR) is 87.7 cm³/mol. The molecule has 23 heavy (non-hydrogen) atoms. The third kappa shape index (κ3) is 2.66. The molecule has 0 fully saturated rings. The average molecular weight is 304 g/mol. The van der Waals surface area contributed by atoms with Crippen molar-refractivity contribution in [3.63, 3.8) is 0 Å². The van der Waals surface area contributed by atoms with Crippen molar-refractivity contribution in [2.45, 2.75) is 18.9 Å². The van der Waals surface area contributed by atoms with Crippen LogP contribution >= 0.6 is 0 Å². The molecule has 1 unspecified atom stereocenters. The van der Waals surface area contributed by atoms with Gasteiger partial charge in [-0.05, 0) is 60.4 Å². The zero-order valence-corrected chi connectivity index (χ0v) is 12.6. The smallest absolute Gasteiger partial charge is 0.185 e. The number of aryl methyl sites for hydroxylation is 1. The fourth-order valence-electron chi connectivity index (χ4n) is 3.07. The highest BCUT2D eigenvalue weighted by Crippen LogP contribution is 2.35. The van der Waals surface area contributed by atoms with Gasteiger partial charge in [0.2, 0.25) is 0 Å². The van der Waals surface area contributed by atoms with Crippen LogP contribution in [0.4, 0.5) is 0 Å². The van der Waals surface area contributed by atoms with Crippen molar-refractivity contribution in [1.29, 1.82) is 0 Å². The first-order valence-electron chi connectivity index (χ1n) is 7.73. The summed E-state index contributed by atoms with van der Waals surface area (Å²) in [5.41, 5.74) is 3.60. The maximum absolute atomic E-state index is 10.7. The zero-order valence-electron chi connectivity index (χ0n) is 12.6. The highest BCUT2D eigenvalue weighted by molar-refractivity contribution is 5.72. The second-order valence-electron chi connectivity index (χ2n) is 5.69. The topological polar surface area (TPSA) is 39.4 Å². The summed E-state index contributed by atoms with van der Waals surface area (Å²) in [6, 6.07) is 19.7. The predicted octanol–water partition coefficient (Wildman–Crippen LogP) is 4.83. The van der Waals surface area contributed by atoms with E-state index in [9.17, 15) is 4.79 Å². The Balaban J connectivity index is 1.52. The molecule has 0 N–H and O–H groups in total. The molecule has 1 aliphatic rings. The van der Waals surface area contributed by atoms with Crippen LogP contribution in [0.25, 0.3) is 11.3 Å². The van der Waals surface area contributed by atoms with E-state index >= 15 is 0 Å². The van der Waals surface area contributed by atoms with E-state index in [1.807, 2.05) is 24.3 Å². The Hall–Kier alpha value is -2.81. The molecule has 3 aromatic rings. The first kappa shape index (κ1) is 13.8. The van der Waals surface area contributed by atoms with Crippen LogP contribution in [0, 0.1) is 0 Å². The molecule has 0 bridgehead atoms. The molecule has 0 saturated heterocycles. The molecule has 1 heterocycles. The lowest BCUT2D eigenvalue weighted by Crippen LogP contribution is -2.03. The third-order valence-electron chi connectivity index (χ3n) is 4.24. The Bertz CT molecular complexity index is 830. The van der Waals surface area contributed by atoms with Crippen molar-refractivity contribution in [2.75, 3.05) is 0 Å². The fourth-order valence-corrected chi connectivity index (χ4v) is 3.07. The summed E-state index contributed by atoms with van der Waals surface area (Å²) in [5.74, 6) is 1.87. The van der Waals surface area contributed by atoms with Gasteiger partial charge in [0.15, 0.2) is 12.0 Å². The first-order valence-corrected chi connectivity index (χ1v) is 7.73. The number of carbonyl (C=O) groups excluding carboxylic acids is 1. The van der Waals surface area contributed by atoms with Gasteiger partial charge < -0.3 is 9.15 Å². The summed E-state index contributed by atoms with van der Waals surface area (Å²) >= 11 is 0. The largest absolute Gasteiger partial charge is 0.486 e. The summed E-state index contributed by atoms with van der Waals surface area (Å²) in [7, 11) is 0. The van der Waals surface area contributed by atoms with Crippen molar-refractivity contribution in [2.24, 2.45) is 0 Å². The van der Waals surface area contributed by atoms with E-state index in [-0.39, 0.29) is 6.10 Å². The minimum atomic E-state index is 0.127. The van der Waals surface area contributed by atoms with E-state index in [0.717, 1.165) is 24.2 Å². The number of ether oxygens (including phenoxy) is 1. The Kier molecular flexibility index (Phi) is 3.46. The van der Waals surface area contributed by atoms with E-state index in [1.165, 1.54) is 11.1 Å². The van der Waals surface area contributed by atoms with Crippen LogP contribution in [0.5, 0.6) is 5.75 Å². The highest BCUT2D eigenvalue weighted by atomic mass is 16.5. The first-order chi connectivity index (χ1) is 11.3. The van der Waals surface area contributed by atoms with Gasteiger partial charge in [0.25, 0.3) is 0 Å². The van der Waals surface area contributed by atoms with E-state index in [2.05, 4.69) is 24.3 Å². The summed E-state index contributed by atoms with van der Waals surface area (Å²) in [6.45, 7) is 0. The molecule has 1 atom stereocenters. The number of hydrogen-bond donors (Lipinski definition) is 0. The van der Waals surface area contributed by atoms with Gasteiger partial charge in [-0.25, -0.2) is 0 Å². The minimum absolute atomic E-state index is 0.127. The Morgan fingerprint density at radius 2 is 1.83 bits per heavy atom. The lowest BCUT2D eigenvalue weighted by molar-refractivity contribution is 0.110. The van der Waals surface area contributed by atoms with Gasteiger partial charge >= 0.3 is 0 Å². The molecular weight excluding hydrogens is 288 g/mol. The van der Waals surface area contributed by atoms with Gasteiger partial charge in [0.05, 0.1) is 0 Å². The van der Waals surface area contributed by atoms with Crippen LogP contribution in [0.2, 0.25) is 0 Å². The Morgan fingerprint density at radius 3 is 2.61 bits per heavy atom. The molecule has 3 heteroatoms. The maximum Gasteiger partial charge on any atom is 0.185 e. The van der Waals surface area contributed by atoms with E-state index in [0.29, 0.717) is 17.8 Å². The standard InChI is InChI=1S/C20H16O3/c21-13-17-10-12-19(23-17)15-5-8-16(9-6-15)22-20-11-7-14-3-1-2-4-18(14)20/h1-6,8-10,12-13,20H,7,11H2. The van der Waals surface area contributed by atoms with Crippen molar-refractivity contribution in [3.8, 4) is 17.1 Å². The quantitative estimate of drug-likeness (QED) is 0.648. The lowest BCUT2D eigenvalue weighted by atomic mass is 10.1. The molecule has 4 rings (SSSR count). The number of hydrogen-bond acceptors (Lipinski definition) is 3. The van der Waals surface area contributed by atoms with E-state index < -0.39 is 0 Å². The van der Waals surface area contributed by atoms with Gasteiger partial charge in [-0.2, -0.15) is 0 Å². The van der Waals surface area contributed by atoms with Crippen LogP contribution in [-0.4, -0.2) is 6.29 Å². The number of rotatable bonds is 4. The SMILES string of the molecule is O=Cc1ccc(-c2ccc(OC3CCc4ccccc43)cc2)o1. The molecule has 2 aromatic carbocycles. The van der Waals surface area contributed by atoms with E-state index in [1.54, 1.807) is 12.1 Å². The highest BCUT2D eigenvalue weighted by Gasteiger charge is 2.23. The normalized spacial score (nSPS) is 16.1. The molecule has 0 spiro atoms. The van der Waals surface area contributed by atoms with Gasteiger partial charge in [0, 0.05) is 5.56 Å². The molecule has 0 amide bonds. The summed E-state index contributed by atoms with van der Waals surface area (Å²) < 4.78 is 11.6. The van der Waals surface area contributed by atoms with Crippen LogP contribution in [0.3, 0.4) is 0 Å². The van der Waals surface area contributed by atoms with Crippen molar-refractivity contribution in [1.82, 2.24) is 0 Å². The Labute approximate surface area is 134 Å². The van der Waals surface area contributed by atoms with Crippen molar-refractivity contribution in [3.05, 3.63) is 77.6 Å². The maximum atomic E-state index is 10.7. The molecule has 0 radical (unpaired) electrons. The Morgan fingerprint density at radius 1 is 1.00 bits per heavy atom. The van der Waals surface area contributed by atoms with Crippen molar-refractivity contribution < 1.29 is 13.9 Å². The van der Waals surface area contributed by atoms with Gasteiger partial charge in [-0.15, -0.1) is 0 Å². The molecule has 1 aliphatic carbocycles. The van der Waals surface area contributed by atoms with Crippen LogP contribution in [0.15, 0.2) is 65.1 Å². The number of aldehydes is 1. The lowest BCUT2D eigenvalue weighted by Gasteiger charge is -2.15. The summed E-state index contributed by atoms with van der Waals surface area (Å²) in [6.07, 6.45) is 2.92. The molecule has 3 nitrogen and oxygen atoms in total. The van der Waals surface area contributed by atoms with Crippen LogP contribution in [-0.2, 0) is 6.42 Å². The molecule has 1 aromatic heterocycles. The van der Waals surface area contributed by atoms with Crippen molar-refractivity contribution >= 4 is 6.29 Å². The number of fused-ring (bicyclic) bond motifs is 1. The van der Waals surface area contributed by atoms with Gasteiger partial charge in [0.1, 0.15) is 17.6 Å². The van der Waals surface area contributed by atoms with Crippen LogP contribution < -0.4 is 4.74 Å². The number of carbonyl (C=O) groups is 1. The van der Waals surface area contributed by atoms with Gasteiger partial charge in [-0.1, -0.05) is 24.3 Å². The molecular formula is C20H16O3. The van der Waals surface area contributed by atoms with Gasteiger partial charge in [-0.3, -0.25) is 4.79 Å². The van der Waals surface area contributed by atoms with E-state index in [4.69, 9.17) is 9.15 Å². The molecule has 114 valence electrons. The zero-order chi connectivity index (χ0) is 15.6. The molecule has 0 saturated carbocycles.